The fourth-order valence-corrected chi connectivity index (χ4v) is 2.76. The van der Waals surface area contributed by atoms with Crippen LogP contribution < -0.4 is 0 Å². The van der Waals surface area contributed by atoms with Crippen LogP contribution in [-0.2, 0) is 6.42 Å². The van der Waals surface area contributed by atoms with Crippen molar-refractivity contribution in [3.63, 3.8) is 0 Å². The van der Waals surface area contributed by atoms with Crippen molar-refractivity contribution < 1.29 is 0 Å². The van der Waals surface area contributed by atoms with Crippen LogP contribution >= 0.6 is 27.5 Å². The third-order valence-corrected chi connectivity index (χ3v) is 4.23. The summed E-state index contributed by atoms with van der Waals surface area (Å²) >= 11 is 9.53. The van der Waals surface area contributed by atoms with E-state index >= 15 is 0 Å². The molecule has 0 aliphatic carbocycles. The number of aryl methyl sites for hydroxylation is 1. The summed E-state index contributed by atoms with van der Waals surface area (Å²) in [4.78, 5) is 4.62. The molecule has 0 saturated heterocycles. The standard InChI is InChI=1S/C11H10BrClN2/c1-6-2-3-11-14-9-4-7(12)8(13)5-10(9)15(6)11/h4-6H,2-3H2,1H3/t6-/m0/s1. The normalized spacial score (nSPS) is 19.8. The van der Waals surface area contributed by atoms with E-state index in [1.807, 2.05) is 12.1 Å². The molecule has 2 nitrogen and oxygen atoms in total. The second-order valence-electron chi connectivity index (χ2n) is 4.04. The minimum absolute atomic E-state index is 0.544. The number of benzene rings is 1. The topological polar surface area (TPSA) is 17.8 Å². The molecule has 1 atom stereocenters. The monoisotopic (exact) mass is 284 g/mol. The van der Waals surface area contributed by atoms with Crippen LogP contribution in [0.3, 0.4) is 0 Å². The molecule has 2 heterocycles. The van der Waals surface area contributed by atoms with Gasteiger partial charge < -0.3 is 4.57 Å². The molecule has 15 heavy (non-hydrogen) atoms. The third-order valence-electron chi connectivity index (χ3n) is 3.03. The van der Waals surface area contributed by atoms with Gasteiger partial charge in [-0.1, -0.05) is 11.6 Å². The van der Waals surface area contributed by atoms with Gasteiger partial charge in [-0.05, 0) is 41.4 Å². The second-order valence-corrected chi connectivity index (χ2v) is 5.30. The first-order valence-corrected chi connectivity index (χ1v) is 6.20. The van der Waals surface area contributed by atoms with Gasteiger partial charge in [-0.15, -0.1) is 0 Å². The largest absolute Gasteiger partial charge is 0.325 e. The molecule has 0 fully saturated rings. The summed E-state index contributed by atoms with van der Waals surface area (Å²) in [6.45, 7) is 2.23. The van der Waals surface area contributed by atoms with Crippen LogP contribution in [-0.4, -0.2) is 9.55 Å². The highest BCUT2D eigenvalue weighted by atomic mass is 79.9. The van der Waals surface area contributed by atoms with Crippen molar-refractivity contribution in [2.75, 3.05) is 0 Å². The molecule has 1 aromatic heterocycles. The van der Waals surface area contributed by atoms with E-state index in [-0.39, 0.29) is 0 Å². The van der Waals surface area contributed by atoms with Gasteiger partial charge in [0.2, 0.25) is 0 Å². The van der Waals surface area contributed by atoms with E-state index in [0.717, 1.165) is 26.9 Å². The van der Waals surface area contributed by atoms with Crippen LogP contribution in [0.1, 0.15) is 25.2 Å². The number of imidazole rings is 1. The molecule has 0 saturated carbocycles. The lowest BCUT2D eigenvalue weighted by Crippen LogP contribution is -1.97. The minimum Gasteiger partial charge on any atom is -0.325 e. The predicted molar refractivity (Wildman–Crippen MR) is 65.5 cm³/mol. The van der Waals surface area contributed by atoms with Crippen LogP contribution in [0.25, 0.3) is 11.0 Å². The maximum atomic E-state index is 6.11. The summed E-state index contributed by atoms with van der Waals surface area (Å²) in [6.07, 6.45) is 2.26. The molecule has 1 aromatic carbocycles. The molecule has 0 N–H and O–H groups in total. The second kappa shape index (κ2) is 3.22. The first-order valence-electron chi connectivity index (χ1n) is 5.02. The maximum absolute atomic E-state index is 6.11. The average Bonchev–Trinajstić information content (AvgIpc) is 2.69. The Morgan fingerprint density at radius 3 is 3.13 bits per heavy atom. The first kappa shape index (κ1) is 9.67. The quantitative estimate of drug-likeness (QED) is 0.716. The zero-order valence-electron chi connectivity index (χ0n) is 8.30. The van der Waals surface area contributed by atoms with E-state index in [1.54, 1.807) is 0 Å². The molecule has 4 heteroatoms. The number of nitrogens with zero attached hydrogens (tertiary/aromatic N) is 2. The van der Waals surface area contributed by atoms with Crippen molar-refractivity contribution in [2.24, 2.45) is 0 Å². The highest BCUT2D eigenvalue weighted by Gasteiger charge is 2.22. The van der Waals surface area contributed by atoms with Crippen LogP contribution in [0.4, 0.5) is 0 Å². The Hall–Kier alpha value is -0.540. The minimum atomic E-state index is 0.544. The Bertz CT molecular complexity index is 547. The van der Waals surface area contributed by atoms with Gasteiger partial charge in [0.05, 0.1) is 16.1 Å². The van der Waals surface area contributed by atoms with Gasteiger partial charge in [0, 0.05) is 16.9 Å². The van der Waals surface area contributed by atoms with Crippen molar-refractivity contribution in [3.05, 3.63) is 27.5 Å². The fraction of sp³-hybridized carbons (Fsp3) is 0.364. The number of rotatable bonds is 0. The molecule has 0 unspecified atom stereocenters. The van der Waals surface area contributed by atoms with Gasteiger partial charge >= 0.3 is 0 Å². The smallest absolute Gasteiger partial charge is 0.110 e. The summed E-state index contributed by atoms with van der Waals surface area (Å²) in [5, 5.41) is 0.754. The molecule has 3 rings (SSSR count). The molecule has 0 radical (unpaired) electrons. The molecule has 0 amide bonds. The summed E-state index contributed by atoms with van der Waals surface area (Å²) in [7, 11) is 0. The molecule has 78 valence electrons. The lowest BCUT2D eigenvalue weighted by Gasteiger charge is -2.07. The maximum Gasteiger partial charge on any atom is 0.110 e. The highest BCUT2D eigenvalue weighted by Crippen LogP contribution is 2.34. The number of hydrogen-bond acceptors (Lipinski definition) is 1. The van der Waals surface area contributed by atoms with Crippen molar-refractivity contribution in [1.82, 2.24) is 9.55 Å². The van der Waals surface area contributed by atoms with Crippen molar-refractivity contribution in [1.29, 1.82) is 0 Å². The van der Waals surface area contributed by atoms with Gasteiger partial charge in [0.15, 0.2) is 0 Å². The molecule has 0 spiro atoms. The van der Waals surface area contributed by atoms with Crippen molar-refractivity contribution in [2.45, 2.75) is 25.8 Å². The molecular formula is C11H10BrClN2. The van der Waals surface area contributed by atoms with E-state index in [2.05, 4.69) is 32.4 Å². The van der Waals surface area contributed by atoms with Gasteiger partial charge in [-0.25, -0.2) is 4.98 Å². The van der Waals surface area contributed by atoms with Crippen LogP contribution in [0.15, 0.2) is 16.6 Å². The van der Waals surface area contributed by atoms with E-state index in [4.69, 9.17) is 11.6 Å². The van der Waals surface area contributed by atoms with E-state index in [1.165, 1.54) is 12.2 Å². The average molecular weight is 286 g/mol. The van der Waals surface area contributed by atoms with Gasteiger partial charge in [0.25, 0.3) is 0 Å². The lowest BCUT2D eigenvalue weighted by molar-refractivity contribution is 0.596. The Morgan fingerprint density at radius 2 is 2.33 bits per heavy atom. The highest BCUT2D eigenvalue weighted by molar-refractivity contribution is 9.10. The zero-order chi connectivity index (χ0) is 10.6. The summed E-state index contributed by atoms with van der Waals surface area (Å²) in [5.74, 6) is 1.19. The predicted octanol–water partition coefficient (Wildman–Crippen LogP) is 3.96. The lowest BCUT2D eigenvalue weighted by atomic mass is 10.2. The van der Waals surface area contributed by atoms with E-state index < -0.39 is 0 Å². The Labute approximate surface area is 101 Å². The summed E-state index contributed by atoms with van der Waals surface area (Å²) < 4.78 is 3.22. The SMILES string of the molecule is C[C@H]1CCc2nc3cc(Br)c(Cl)cc3n21. The van der Waals surface area contributed by atoms with Gasteiger partial charge in [-0.3, -0.25) is 0 Å². The van der Waals surface area contributed by atoms with Crippen molar-refractivity contribution >= 4 is 38.6 Å². The number of hydrogen-bond donors (Lipinski definition) is 0. The Morgan fingerprint density at radius 1 is 1.53 bits per heavy atom. The number of aromatic nitrogens is 2. The van der Waals surface area contributed by atoms with Gasteiger partial charge in [0.1, 0.15) is 5.82 Å². The van der Waals surface area contributed by atoms with Crippen LogP contribution in [0.5, 0.6) is 0 Å². The number of fused-ring (bicyclic) bond motifs is 3. The molecule has 0 bridgehead atoms. The molecule has 1 aliphatic heterocycles. The number of halogens is 2. The molecule has 2 aromatic rings. The van der Waals surface area contributed by atoms with E-state index in [0.29, 0.717) is 6.04 Å². The van der Waals surface area contributed by atoms with Gasteiger partial charge in [-0.2, -0.15) is 0 Å². The summed E-state index contributed by atoms with van der Waals surface area (Å²) in [5.41, 5.74) is 2.19. The van der Waals surface area contributed by atoms with Crippen LogP contribution in [0.2, 0.25) is 5.02 Å². The van der Waals surface area contributed by atoms with Crippen LogP contribution in [0, 0.1) is 0 Å². The third kappa shape index (κ3) is 1.33. The first-order chi connectivity index (χ1) is 7.16. The van der Waals surface area contributed by atoms with E-state index in [9.17, 15) is 0 Å². The summed E-state index contributed by atoms with van der Waals surface area (Å²) in [6, 6.07) is 4.54. The fourth-order valence-electron chi connectivity index (χ4n) is 2.28. The Balaban J connectivity index is 2.37. The Kier molecular flexibility index (Phi) is 2.08. The molecular weight excluding hydrogens is 275 g/mol. The molecule has 1 aliphatic rings. The zero-order valence-corrected chi connectivity index (χ0v) is 10.6. The van der Waals surface area contributed by atoms with Crippen molar-refractivity contribution in [3.8, 4) is 0 Å².